The van der Waals surface area contributed by atoms with Crippen LogP contribution in [0.2, 0.25) is 0 Å². The van der Waals surface area contributed by atoms with Crippen LogP contribution in [-0.4, -0.2) is 49.4 Å². The van der Waals surface area contributed by atoms with Crippen LogP contribution < -0.4 is 0 Å². The molecule has 1 aromatic heterocycles. The molecule has 1 aliphatic heterocycles. The first-order chi connectivity index (χ1) is 11.7. The van der Waals surface area contributed by atoms with E-state index < -0.39 is 15.7 Å². The lowest BCUT2D eigenvalue weighted by molar-refractivity contribution is -0.137. The summed E-state index contributed by atoms with van der Waals surface area (Å²) < 4.78 is 29.6. The lowest BCUT2D eigenvalue weighted by Gasteiger charge is -2.33. The van der Waals surface area contributed by atoms with Gasteiger partial charge >= 0.3 is 5.97 Å². The SMILES string of the molecule is C=S(C)(=O)N1CCC(c2c(C)n(CC(=O)O)c3ccc(F)cc23)CC1. The van der Waals surface area contributed by atoms with Crippen molar-refractivity contribution in [2.24, 2.45) is 0 Å². The van der Waals surface area contributed by atoms with Gasteiger partial charge in [0.2, 0.25) is 0 Å². The maximum atomic E-state index is 13.8. The summed E-state index contributed by atoms with van der Waals surface area (Å²) >= 11 is 0. The molecule has 1 fully saturated rings. The minimum absolute atomic E-state index is 0.144. The molecule has 1 aliphatic rings. The topological polar surface area (TPSA) is 62.5 Å². The number of carbonyl (C=O) groups is 1. The van der Waals surface area contributed by atoms with Crippen LogP contribution in [0.1, 0.15) is 30.0 Å². The minimum atomic E-state index is -2.21. The van der Waals surface area contributed by atoms with Crippen molar-refractivity contribution in [2.75, 3.05) is 19.3 Å². The van der Waals surface area contributed by atoms with Crippen LogP contribution in [-0.2, 0) is 21.0 Å². The lowest BCUT2D eigenvalue weighted by Crippen LogP contribution is -2.37. The van der Waals surface area contributed by atoms with Gasteiger partial charge in [-0.1, -0.05) is 0 Å². The highest BCUT2D eigenvalue weighted by Gasteiger charge is 2.28. The lowest BCUT2D eigenvalue weighted by atomic mass is 9.88. The normalized spacial score (nSPS) is 19.2. The van der Waals surface area contributed by atoms with Gasteiger partial charge in [-0.25, -0.2) is 8.70 Å². The van der Waals surface area contributed by atoms with Gasteiger partial charge in [0.25, 0.3) is 0 Å². The highest BCUT2D eigenvalue weighted by Crippen LogP contribution is 2.38. The molecule has 0 amide bonds. The van der Waals surface area contributed by atoms with Crippen molar-refractivity contribution in [3.8, 4) is 0 Å². The molecule has 25 heavy (non-hydrogen) atoms. The number of fused-ring (bicyclic) bond motifs is 1. The summed E-state index contributed by atoms with van der Waals surface area (Å²) in [4.78, 5) is 11.2. The molecule has 0 aliphatic carbocycles. The standard InChI is InChI=1S/C18H23FN2O3S/c1-12-18(13-6-8-20(9-7-13)25(2,3)24)15-10-14(19)4-5-16(15)21(12)11-17(22)23/h4-5,10,13H,2,6-9,11H2,1,3H3,(H,22,23). The predicted octanol–water partition coefficient (Wildman–Crippen LogP) is 2.61. The molecule has 7 heteroatoms. The van der Waals surface area contributed by atoms with E-state index in [9.17, 15) is 18.5 Å². The van der Waals surface area contributed by atoms with Crippen molar-refractivity contribution < 1.29 is 18.5 Å². The third-order valence-electron chi connectivity index (χ3n) is 5.04. The molecule has 1 saturated heterocycles. The molecule has 0 radical (unpaired) electrons. The van der Waals surface area contributed by atoms with E-state index in [4.69, 9.17) is 0 Å². The molecule has 2 heterocycles. The molecule has 1 aromatic carbocycles. The number of hydrogen-bond acceptors (Lipinski definition) is 2. The van der Waals surface area contributed by atoms with Gasteiger partial charge in [0.05, 0.1) is 0 Å². The number of carboxylic acids is 1. The van der Waals surface area contributed by atoms with E-state index >= 15 is 0 Å². The first-order valence-electron chi connectivity index (χ1n) is 8.26. The second-order valence-corrected chi connectivity index (χ2v) is 9.24. The van der Waals surface area contributed by atoms with Gasteiger partial charge in [-0.3, -0.25) is 9.00 Å². The summed E-state index contributed by atoms with van der Waals surface area (Å²) in [6.07, 6.45) is 3.24. The van der Waals surface area contributed by atoms with Crippen molar-refractivity contribution in [2.45, 2.75) is 32.2 Å². The Morgan fingerprint density at radius 3 is 2.60 bits per heavy atom. The Morgan fingerprint density at radius 1 is 1.40 bits per heavy atom. The van der Waals surface area contributed by atoms with Crippen LogP contribution in [0.15, 0.2) is 18.2 Å². The summed E-state index contributed by atoms with van der Waals surface area (Å²) in [6, 6.07) is 4.50. The molecule has 5 nitrogen and oxygen atoms in total. The van der Waals surface area contributed by atoms with Crippen LogP contribution in [0, 0.1) is 12.7 Å². The fraction of sp³-hybridized carbons (Fsp3) is 0.444. The Bertz CT molecular complexity index is 925. The number of carboxylic acid groups (broad SMARTS) is 1. The molecular weight excluding hydrogens is 343 g/mol. The summed E-state index contributed by atoms with van der Waals surface area (Å²) in [7, 11) is -2.21. The average Bonchev–Trinajstić information content (AvgIpc) is 2.78. The van der Waals surface area contributed by atoms with Crippen molar-refractivity contribution in [3.05, 3.63) is 35.3 Å². The van der Waals surface area contributed by atoms with Gasteiger partial charge in [0.15, 0.2) is 0 Å². The van der Waals surface area contributed by atoms with Crippen LogP contribution >= 0.6 is 0 Å². The van der Waals surface area contributed by atoms with Gasteiger partial charge in [0, 0.05) is 45.6 Å². The van der Waals surface area contributed by atoms with E-state index in [1.54, 1.807) is 16.9 Å². The Morgan fingerprint density at radius 2 is 2.04 bits per heavy atom. The molecular formula is C18H23FN2O3S. The molecule has 3 rings (SSSR count). The van der Waals surface area contributed by atoms with Crippen molar-refractivity contribution >= 4 is 32.5 Å². The van der Waals surface area contributed by atoms with E-state index in [1.165, 1.54) is 12.1 Å². The van der Waals surface area contributed by atoms with E-state index in [0.29, 0.717) is 13.1 Å². The Kier molecular flexibility index (Phi) is 4.64. The van der Waals surface area contributed by atoms with Crippen molar-refractivity contribution in [1.82, 2.24) is 8.87 Å². The summed E-state index contributed by atoms with van der Waals surface area (Å²) in [5.41, 5.74) is 2.63. The fourth-order valence-corrected chi connectivity index (χ4v) is 4.85. The van der Waals surface area contributed by atoms with Crippen molar-refractivity contribution in [3.63, 3.8) is 0 Å². The number of hydrogen-bond donors (Lipinski definition) is 1. The van der Waals surface area contributed by atoms with Crippen LogP contribution in [0.25, 0.3) is 10.9 Å². The maximum Gasteiger partial charge on any atom is 0.323 e. The minimum Gasteiger partial charge on any atom is -0.480 e. The van der Waals surface area contributed by atoms with Gasteiger partial charge in [-0.2, -0.15) is 0 Å². The molecule has 1 unspecified atom stereocenters. The molecule has 0 spiro atoms. The molecule has 0 saturated carbocycles. The summed E-state index contributed by atoms with van der Waals surface area (Å²) in [5.74, 6) is 2.69. The predicted molar refractivity (Wildman–Crippen MR) is 99.0 cm³/mol. The molecule has 1 N–H and O–H groups in total. The van der Waals surface area contributed by atoms with Crippen LogP contribution in [0.5, 0.6) is 0 Å². The number of rotatable bonds is 4. The van der Waals surface area contributed by atoms with E-state index in [1.807, 2.05) is 11.2 Å². The van der Waals surface area contributed by atoms with E-state index in [-0.39, 0.29) is 18.3 Å². The van der Waals surface area contributed by atoms with Gasteiger partial charge in [0.1, 0.15) is 12.4 Å². The Hall–Kier alpha value is -1.86. The van der Waals surface area contributed by atoms with Crippen molar-refractivity contribution in [1.29, 1.82) is 0 Å². The largest absolute Gasteiger partial charge is 0.480 e. The average molecular weight is 366 g/mol. The zero-order chi connectivity index (χ0) is 18.4. The van der Waals surface area contributed by atoms with Crippen LogP contribution in [0.3, 0.4) is 0 Å². The number of aromatic nitrogens is 1. The van der Waals surface area contributed by atoms with E-state index in [0.717, 1.165) is 35.0 Å². The monoisotopic (exact) mass is 366 g/mol. The van der Waals surface area contributed by atoms with Crippen LogP contribution in [0.4, 0.5) is 4.39 Å². The number of aliphatic carboxylic acids is 1. The smallest absolute Gasteiger partial charge is 0.323 e. The molecule has 0 bridgehead atoms. The third kappa shape index (κ3) is 3.43. The van der Waals surface area contributed by atoms with E-state index in [2.05, 4.69) is 5.87 Å². The number of halogens is 1. The molecule has 1 atom stereocenters. The van der Waals surface area contributed by atoms with Gasteiger partial charge in [-0.05, 0) is 55.3 Å². The van der Waals surface area contributed by atoms with Gasteiger partial charge in [-0.15, -0.1) is 0 Å². The Labute approximate surface area is 147 Å². The first-order valence-corrected chi connectivity index (χ1v) is 10.3. The number of benzene rings is 1. The Balaban J connectivity index is 2.03. The second kappa shape index (κ2) is 6.46. The number of nitrogens with zero attached hydrogens (tertiary/aromatic N) is 2. The zero-order valence-corrected chi connectivity index (χ0v) is 15.3. The maximum absolute atomic E-state index is 13.8. The number of piperidine rings is 1. The zero-order valence-electron chi connectivity index (χ0n) is 14.5. The highest BCUT2D eigenvalue weighted by molar-refractivity contribution is 7.97. The summed E-state index contributed by atoms with van der Waals surface area (Å²) in [5, 5.41) is 9.99. The first kappa shape index (κ1) is 17.9. The highest BCUT2D eigenvalue weighted by atomic mass is 32.2. The molecule has 136 valence electrons. The fourth-order valence-electron chi connectivity index (χ4n) is 3.87. The quantitative estimate of drug-likeness (QED) is 0.846. The third-order valence-corrected chi connectivity index (χ3v) is 6.49. The second-order valence-electron chi connectivity index (χ2n) is 6.80. The molecule has 2 aromatic rings. The summed E-state index contributed by atoms with van der Waals surface area (Å²) in [6.45, 7) is 3.09. The van der Waals surface area contributed by atoms with Gasteiger partial charge < -0.3 is 9.67 Å².